The van der Waals surface area contributed by atoms with Crippen LogP contribution < -0.4 is 5.32 Å². The molecule has 0 atom stereocenters. The summed E-state index contributed by atoms with van der Waals surface area (Å²) in [6.07, 6.45) is 6.64. The van der Waals surface area contributed by atoms with Gasteiger partial charge in [-0.1, -0.05) is 17.7 Å². The van der Waals surface area contributed by atoms with Gasteiger partial charge >= 0.3 is 6.09 Å². The van der Waals surface area contributed by atoms with Crippen molar-refractivity contribution in [1.82, 2.24) is 29.1 Å². The Hall–Kier alpha value is -4.11. The van der Waals surface area contributed by atoms with E-state index in [4.69, 9.17) is 16.3 Å². The molecule has 0 bridgehead atoms. The third kappa shape index (κ3) is 4.82. The van der Waals surface area contributed by atoms with Gasteiger partial charge in [0.25, 0.3) is 0 Å². The number of ether oxygens (including phenoxy) is 1. The van der Waals surface area contributed by atoms with Crippen molar-refractivity contribution in [3.05, 3.63) is 65.8 Å². The van der Waals surface area contributed by atoms with Gasteiger partial charge in [0.2, 0.25) is 0 Å². The zero-order valence-corrected chi connectivity index (χ0v) is 22.3. The zero-order chi connectivity index (χ0) is 26.5. The molecule has 5 rings (SSSR count). The second-order valence-corrected chi connectivity index (χ2v) is 10.4. The number of hydrogen-bond donors (Lipinski definition) is 1. The molecule has 0 aliphatic heterocycles. The first kappa shape index (κ1) is 24.6. The fourth-order valence-electron chi connectivity index (χ4n) is 4.14. The average molecular weight is 518 g/mol. The summed E-state index contributed by atoms with van der Waals surface area (Å²) in [5.74, 6) is 0.542. The highest BCUT2D eigenvalue weighted by atomic mass is 35.5. The van der Waals surface area contributed by atoms with Crippen LogP contribution in [0, 0.1) is 6.92 Å². The lowest BCUT2D eigenvalue weighted by Crippen LogP contribution is -2.27. The number of nitrogens with one attached hydrogen (secondary N) is 1. The van der Waals surface area contributed by atoms with Crippen LogP contribution in [0.3, 0.4) is 0 Å². The Morgan fingerprint density at radius 3 is 2.43 bits per heavy atom. The lowest BCUT2D eigenvalue weighted by Gasteiger charge is -2.21. The molecule has 0 saturated carbocycles. The maximum Gasteiger partial charge on any atom is 0.419 e. The predicted molar refractivity (Wildman–Crippen MR) is 145 cm³/mol. The number of fused-ring (bicyclic) bond motifs is 1. The second-order valence-electron chi connectivity index (χ2n) is 9.96. The van der Waals surface area contributed by atoms with E-state index in [1.165, 1.54) is 0 Å². The van der Waals surface area contributed by atoms with Crippen molar-refractivity contribution in [2.45, 2.75) is 33.3 Å². The van der Waals surface area contributed by atoms with Crippen molar-refractivity contribution < 1.29 is 9.53 Å². The Kier molecular flexibility index (Phi) is 6.03. The molecule has 190 valence electrons. The van der Waals surface area contributed by atoms with Gasteiger partial charge in [-0.3, -0.25) is 9.36 Å². The van der Waals surface area contributed by atoms with Crippen LogP contribution in [0.2, 0.25) is 5.02 Å². The molecule has 0 saturated heterocycles. The third-order valence-electron chi connectivity index (χ3n) is 6.04. The highest BCUT2D eigenvalue weighted by Gasteiger charge is 2.24. The van der Waals surface area contributed by atoms with Gasteiger partial charge < -0.3 is 10.1 Å². The lowest BCUT2D eigenvalue weighted by molar-refractivity contribution is 0.0547. The fourth-order valence-corrected chi connectivity index (χ4v) is 4.37. The minimum Gasteiger partial charge on any atom is -0.443 e. The van der Waals surface area contributed by atoms with Crippen LogP contribution in [0.4, 0.5) is 16.3 Å². The first-order valence-corrected chi connectivity index (χ1v) is 12.2. The largest absolute Gasteiger partial charge is 0.443 e. The smallest absolute Gasteiger partial charge is 0.419 e. The maximum absolute atomic E-state index is 13.3. The molecule has 0 unspecified atom stereocenters. The Bertz CT molecular complexity index is 1640. The summed E-state index contributed by atoms with van der Waals surface area (Å²) in [7, 11) is 3.74. The minimum absolute atomic E-state index is 0.479. The fraction of sp³-hybridized carbons (Fsp3) is 0.259. The molecule has 4 aromatic heterocycles. The molecule has 0 fully saturated rings. The standard InChI is InChI=1S/C27H28ClN7O2/c1-16-20(14-31-34(16)6)17-7-8-22(21(28)9-17)32-25-11-24-18(12-29-25)10-23(19-13-30-33(5)15-19)35(24)26(36)37-27(2,3)4/h7-15H,1-6H3,(H,29,32). The van der Waals surface area contributed by atoms with E-state index in [-0.39, 0.29) is 0 Å². The van der Waals surface area contributed by atoms with E-state index >= 15 is 0 Å². The number of aryl methyl sites for hydroxylation is 2. The van der Waals surface area contributed by atoms with Crippen molar-refractivity contribution in [2.75, 3.05) is 5.32 Å². The lowest BCUT2D eigenvalue weighted by atomic mass is 10.1. The van der Waals surface area contributed by atoms with E-state index in [0.29, 0.717) is 27.7 Å². The SMILES string of the molecule is Cc1c(-c2ccc(Nc3cc4c(cn3)cc(-c3cnn(C)c3)n4C(=O)OC(C)(C)C)c(Cl)c2)cnn1C. The number of carbonyl (C=O) groups excluding carboxylic acids is 1. The van der Waals surface area contributed by atoms with E-state index in [2.05, 4.69) is 20.5 Å². The molecule has 0 aliphatic rings. The predicted octanol–water partition coefficient (Wildman–Crippen LogP) is 6.33. The van der Waals surface area contributed by atoms with Gasteiger partial charge in [-0.2, -0.15) is 10.2 Å². The molecule has 1 aromatic carbocycles. The van der Waals surface area contributed by atoms with E-state index in [9.17, 15) is 4.79 Å². The molecule has 0 radical (unpaired) electrons. The summed E-state index contributed by atoms with van der Waals surface area (Å²) in [6.45, 7) is 7.54. The van der Waals surface area contributed by atoms with Gasteiger partial charge in [-0.25, -0.2) is 14.3 Å². The third-order valence-corrected chi connectivity index (χ3v) is 6.35. The molecular formula is C27H28ClN7O2. The summed E-state index contributed by atoms with van der Waals surface area (Å²) in [5, 5.41) is 13.2. The molecule has 5 aromatic rings. The molecule has 0 aliphatic carbocycles. The van der Waals surface area contributed by atoms with Gasteiger partial charge in [0.05, 0.1) is 34.3 Å². The van der Waals surface area contributed by atoms with E-state index in [0.717, 1.165) is 27.8 Å². The van der Waals surface area contributed by atoms with Gasteiger partial charge in [0.15, 0.2) is 0 Å². The van der Waals surface area contributed by atoms with Crippen LogP contribution in [0.15, 0.2) is 55.1 Å². The van der Waals surface area contributed by atoms with Crippen molar-refractivity contribution in [3.8, 4) is 22.4 Å². The first-order chi connectivity index (χ1) is 17.5. The molecule has 0 spiro atoms. The van der Waals surface area contributed by atoms with Crippen LogP contribution in [-0.2, 0) is 18.8 Å². The maximum atomic E-state index is 13.3. The first-order valence-electron chi connectivity index (χ1n) is 11.8. The van der Waals surface area contributed by atoms with Crippen LogP contribution in [0.5, 0.6) is 0 Å². The number of nitrogens with zero attached hydrogens (tertiary/aromatic N) is 6. The van der Waals surface area contributed by atoms with E-state index in [1.807, 2.05) is 89.2 Å². The molecule has 9 nitrogen and oxygen atoms in total. The summed E-state index contributed by atoms with van der Waals surface area (Å²) in [6, 6.07) is 9.51. The van der Waals surface area contributed by atoms with Crippen molar-refractivity contribution in [1.29, 1.82) is 0 Å². The quantitative estimate of drug-likeness (QED) is 0.299. The number of rotatable bonds is 4. The number of anilines is 2. The monoisotopic (exact) mass is 517 g/mol. The average Bonchev–Trinajstić information content (AvgIpc) is 3.51. The number of carbonyl (C=O) groups is 1. The Morgan fingerprint density at radius 1 is 1.03 bits per heavy atom. The number of hydrogen-bond acceptors (Lipinski definition) is 6. The Balaban J connectivity index is 1.54. The zero-order valence-electron chi connectivity index (χ0n) is 21.6. The van der Waals surface area contributed by atoms with Crippen LogP contribution in [0.1, 0.15) is 26.5 Å². The van der Waals surface area contributed by atoms with Crippen molar-refractivity contribution in [2.24, 2.45) is 14.1 Å². The normalized spacial score (nSPS) is 11.8. The van der Waals surface area contributed by atoms with E-state index < -0.39 is 11.7 Å². The summed E-state index contributed by atoms with van der Waals surface area (Å²) < 4.78 is 10.8. The number of aromatic nitrogens is 6. The van der Waals surface area contributed by atoms with Crippen molar-refractivity contribution >= 4 is 40.1 Å². The minimum atomic E-state index is -0.657. The Morgan fingerprint density at radius 2 is 1.81 bits per heavy atom. The summed E-state index contributed by atoms with van der Waals surface area (Å²) in [5.41, 5.74) is 5.21. The number of benzene rings is 1. The summed E-state index contributed by atoms with van der Waals surface area (Å²) >= 11 is 6.64. The summed E-state index contributed by atoms with van der Waals surface area (Å²) in [4.78, 5) is 17.9. The topological polar surface area (TPSA) is 91.8 Å². The molecule has 10 heteroatoms. The van der Waals surface area contributed by atoms with Crippen LogP contribution in [-0.4, -0.2) is 40.8 Å². The molecule has 4 heterocycles. The highest BCUT2D eigenvalue weighted by molar-refractivity contribution is 6.33. The number of pyridine rings is 1. The van der Waals surface area contributed by atoms with Crippen LogP contribution in [0.25, 0.3) is 33.3 Å². The van der Waals surface area contributed by atoms with Gasteiger partial charge in [0, 0.05) is 54.8 Å². The second kappa shape index (κ2) is 9.08. The molecule has 0 amide bonds. The Labute approximate surface area is 219 Å². The molecule has 37 heavy (non-hydrogen) atoms. The van der Waals surface area contributed by atoms with Crippen molar-refractivity contribution in [3.63, 3.8) is 0 Å². The van der Waals surface area contributed by atoms with Gasteiger partial charge in [0.1, 0.15) is 11.4 Å². The van der Waals surface area contributed by atoms with Gasteiger partial charge in [-0.15, -0.1) is 0 Å². The highest BCUT2D eigenvalue weighted by Crippen LogP contribution is 2.34. The molecule has 1 N–H and O–H groups in total. The number of halogens is 1. The van der Waals surface area contributed by atoms with E-state index in [1.54, 1.807) is 21.6 Å². The molecular weight excluding hydrogens is 490 g/mol. The van der Waals surface area contributed by atoms with Gasteiger partial charge in [-0.05, 0) is 51.5 Å². The van der Waals surface area contributed by atoms with Crippen LogP contribution >= 0.6 is 11.6 Å².